The summed E-state index contributed by atoms with van der Waals surface area (Å²) in [6.45, 7) is 6.58. The lowest BCUT2D eigenvalue weighted by Crippen LogP contribution is -2.31. The summed E-state index contributed by atoms with van der Waals surface area (Å²) in [4.78, 5) is 17.7. The number of unbranched alkanes of at least 4 members (excludes halogenated alkanes) is 1. The third kappa shape index (κ3) is 4.89. The van der Waals surface area contributed by atoms with Crippen molar-refractivity contribution in [3.05, 3.63) is 65.9 Å². The third-order valence-electron chi connectivity index (χ3n) is 5.40. The molecule has 0 unspecified atom stereocenters. The van der Waals surface area contributed by atoms with Crippen molar-refractivity contribution in [2.24, 2.45) is 0 Å². The minimum atomic E-state index is -3.60. The van der Waals surface area contributed by atoms with Gasteiger partial charge in [-0.25, -0.2) is 13.4 Å². The molecule has 0 saturated heterocycles. The number of para-hydroxylation sites is 1. The molecule has 0 atom stereocenters. The molecule has 0 radical (unpaired) electrons. The second kappa shape index (κ2) is 10.0. The molecule has 2 aromatic carbocycles. The van der Waals surface area contributed by atoms with Crippen molar-refractivity contribution in [1.29, 1.82) is 0 Å². The van der Waals surface area contributed by atoms with Crippen LogP contribution in [-0.4, -0.2) is 46.5 Å². The van der Waals surface area contributed by atoms with Gasteiger partial charge in [-0.05, 0) is 49.7 Å². The molecule has 0 saturated carbocycles. The zero-order valence-electron chi connectivity index (χ0n) is 19.4. The van der Waals surface area contributed by atoms with Crippen LogP contribution in [0.15, 0.2) is 59.5 Å². The van der Waals surface area contributed by atoms with Gasteiger partial charge in [0.2, 0.25) is 15.2 Å². The molecule has 0 aliphatic rings. The van der Waals surface area contributed by atoms with E-state index >= 15 is 0 Å². The first-order valence-corrected chi connectivity index (χ1v) is 13.4. The summed E-state index contributed by atoms with van der Waals surface area (Å²) in [6, 6.07) is 15.6. The molecule has 4 aromatic rings. The van der Waals surface area contributed by atoms with Gasteiger partial charge in [-0.3, -0.25) is 4.79 Å². The molecule has 4 rings (SSSR count). The van der Waals surface area contributed by atoms with Gasteiger partial charge in [0.1, 0.15) is 5.82 Å². The summed E-state index contributed by atoms with van der Waals surface area (Å²) in [5.41, 5.74) is 1.96. The number of carbonyl (C=O) groups excluding carboxylic acids is 1. The van der Waals surface area contributed by atoms with E-state index in [4.69, 9.17) is 0 Å². The highest BCUT2D eigenvalue weighted by atomic mass is 32.2. The van der Waals surface area contributed by atoms with Gasteiger partial charge in [0.05, 0.1) is 20.8 Å². The van der Waals surface area contributed by atoms with Crippen LogP contribution in [0.1, 0.15) is 42.7 Å². The molecule has 0 aliphatic heterocycles. The van der Waals surface area contributed by atoms with Crippen LogP contribution < -0.4 is 5.32 Å². The number of thiazole rings is 1. The molecule has 2 aromatic heterocycles. The smallest absolute Gasteiger partial charge is 0.256 e. The summed E-state index contributed by atoms with van der Waals surface area (Å²) in [7, 11) is -3.60. The SMILES string of the molecule is CCCCN(CC)S(=O)(=O)c1ccc(C(=O)Nc2cc(C)nn2-c2nc3ccccc3s2)cc1. The van der Waals surface area contributed by atoms with E-state index in [9.17, 15) is 13.2 Å². The Bertz CT molecular complexity index is 1380. The van der Waals surface area contributed by atoms with E-state index in [1.165, 1.54) is 39.9 Å². The first-order valence-electron chi connectivity index (χ1n) is 11.2. The number of nitrogens with zero attached hydrogens (tertiary/aromatic N) is 4. The third-order valence-corrected chi connectivity index (χ3v) is 8.41. The highest BCUT2D eigenvalue weighted by Gasteiger charge is 2.23. The number of hydrogen-bond acceptors (Lipinski definition) is 6. The zero-order valence-corrected chi connectivity index (χ0v) is 21.0. The molecule has 0 aliphatic carbocycles. The largest absolute Gasteiger partial charge is 0.306 e. The van der Waals surface area contributed by atoms with Gasteiger partial charge in [-0.15, -0.1) is 0 Å². The number of nitrogens with one attached hydrogen (secondary N) is 1. The maximum atomic E-state index is 12.9. The zero-order chi connectivity index (χ0) is 24.3. The number of fused-ring (bicyclic) bond motifs is 1. The van der Waals surface area contributed by atoms with Crippen molar-refractivity contribution in [3.63, 3.8) is 0 Å². The second-order valence-corrected chi connectivity index (χ2v) is 10.8. The molecule has 0 spiro atoms. The van der Waals surface area contributed by atoms with Crippen molar-refractivity contribution >= 4 is 43.3 Å². The maximum Gasteiger partial charge on any atom is 0.256 e. The van der Waals surface area contributed by atoms with E-state index in [2.05, 4.69) is 15.4 Å². The van der Waals surface area contributed by atoms with Gasteiger partial charge in [0.15, 0.2) is 0 Å². The molecule has 1 N–H and O–H groups in total. The summed E-state index contributed by atoms with van der Waals surface area (Å²) < 4.78 is 30.0. The highest BCUT2D eigenvalue weighted by Crippen LogP contribution is 2.27. The van der Waals surface area contributed by atoms with Gasteiger partial charge in [0.25, 0.3) is 5.91 Å². The van der Waals surface area contributed by atoms with Crippen LogP contribution in [0.25, 0.3) is 15.3 Å². The van der Waals surface area contributed by atoms with Crippen molar-refractivity contribution in [3.8, 4) is 5.13 Å². The van der Waals surface area contributed by atoms with Gasteiger partial charge in [-0.1, -0.05) is 43.7 Å². The molecule has 0 bridgehead atoms. The van der Waals surface area contributed by atoms with E-state index in [0.717, 1.165) is 28.8 Å². The Balaban J connectivity index is 1.55. The Morgan fingerprint density at radius 1 is 1.12 bits per heavy atom. The molecule has 8 nitrogen and oxygen atoms in total. The predicted octanol–water partition coefficient (Wildman–Crippen LogP) is 4.85. The molecular formula is C24H27N5O3S2. The lowest BCUT2D eigenvalue weighted by atomic mass is 10.2. The van der Waals surface area contributed by atoms with Crippen molar-refractivity contribution in [2.45, 2.75) is 38.5 Å². The first kappa shape index (κ1) is 24.1. The van der Waals surface area contributed by atoms with E-state index in [1.807, 2.05) is 45.0 Å². The normalized spacial score (nSPS) is 11.9. The number of rotatable bonds is 9. The second-order valence-electron chi connectivity index (χ2n) is 7.88. The van der Waals surface area contributed by atoms with E-state index in [-0.39, 0.29) is 10.8 Å². The van der Waals surface area contributed by atoms with E-state index < -0.39 is 10.0 Å². The van der Waals surface area contributed by atoms with Crippen LogP contribution in [0.4, 0.5) is 5.82 Å². The molecule has 2 heterocycles. The number of anilines is 1. The van der Waals surface area contributed by atoms with Crippen LogP contribution in [0.3, 0.4) is 0 Å². The Morgan fingerprint density at radius 2 is 1.85 bits per heavy atom. The molecule has 178 valence electrons. The van der Waals surface area contributed by atoms with Gasteiger partial charge in [-0.2, -0.15) is 14.1 Å². The Kier molecular flexibility index (Phi) is 7.11. The Hall–Kier alpha value is -3.08. The summed E-state index contributed by atoms with van der Waals surface area (Å²) >= 11 is 1.48. The van der Waals surface area contributed by atoms with Crippen LogP contribution in [0.2, 0.25) is 0 Å². The van der Waals surface area contributed by atoms with E-state index in [0.29, 0.717) is 29.6 Å². The number of aromatic nitrogens is 3. The van der Waals surface area contributed by atoms with Crippen LogP contribution >= 0.6 is 11.3 Å². The van der Waals surface area contributed by atoms with Gasteiger partial charge in [0, 0.05) is 24.7 Å². The van der Waals surface area contributed by atoms with E-state index in [1.54, 1.807) is 10.7 Å². The Morgan fingerprint density at radius 3 is 2.53 bits per heavy atom. The van der Waals surface area contributed by atoms with Gasteiger partial charge < -0.3 is 5.32 Å². The van der Waals surface area contributed by atoms with Crippen LogP contribution in [0.5, 0.6) is 0 Å². The molecular weight excluding hydrogens is 470 g/mol. The maximum absolute atomic E-state index is 12.9. The Labute approximate surface area is 203 Å². The number of hydrogen-bond donors (Lipinski definition) is 1. The minimum Gasteiger partial charge on any atom is -0.306 e. The van der Waals surface area contributed by atoms with Gasteiger partial charge >= 0.3 is 0 Å². The standard InChI is InChI=1S/C24H27N5O3S2/c1-4-6-15-28(5-2)34(31,32)19-13-11-18(12-14-19)23(30)26-22-16-17(3)27-29(22)24-25-20-9-7-8-10-21(20)33-24/h7-14,16H,4-6,15H2,1-3H3,(H,26,30). The van der Waals surface area contributed by atoms with Crippen LogP contribution in [-0.2, 0) is 10.0 Å². The minimum absolute atomic E-state index is 0.178. The van der Waals surface area contributed by atoms with Crippen molar-refractivity contribution in [2.75, 3.05) is 18.4 Å². The molecule has 0 fully saturated rings. The fourth-order valence-corrected chi connectivity index (χ4v) is 6.00. The average molecular weight is 498 g/mol. The number of aryl methyl sites for hydroxylation is 1. The number of sulfonamides is 1. The summed E-state index contributed by atoms with van der Waals surface area (Å²) in [5.74, 6) is 0.138. The number of carbonyl (C=O) groups is 1. The lowest BCUT2D eigenvalue weighted by molar-refractivity contribution is 0.102. The molecule has 10 heteroatoms. The van der Waals surface area contributed by atoms with Crippen molar-refractivity contribution < 1.29 is 13.2 Å². The fourth-order valence-electron chi connectivity index (χ4n) is 3.58. The highest BCUT2D eigenvalue weighted by molar-refractivity contribution is 7.89. The summed E-state index contributed by atoms with van der Waals surface area (Å²) in [6.07, 6.45) is 1.72. The quantitative estimate of drug-likeness (QED) is 0.356. The summed E-state index contributed by atoms with van der Waals surface area (Å²) in [5, 5.41) is 8.02. The topological polar surface area (TPSA) is 97.2 Å². The molecule has 1 amide bonds. The lowest BCUT2D eigenvalue weighted by Gasteiger charge is -2.20. The fraction of sp³-hybridized carbons (Fsp3) is 0.292. The van der Waals surface area contributed by atoms with Crippen molar-refractivity contribution in [1.82, 2.24) is 19.1 Å². The number of benzene rings is 2. The average Bonchev–Trinajstić information content (AvgIpc) is 3.42. The van der Waals surface area contributed by atoms with Crippen LogP contribution in [0, 0.1) is 6.92 Å². The monoisotopic (exact) mass is 497 g/mol. The number of amides is 1. The predicted molar refractivity (Wildman–Crippen MR) is 135 cm³/mol. The first-order chi connectivity index (χ1) is 16.3. The molecule has 34 heavy (non-hydrogen) atoms.